The summed E-state index contributed by atoms with van der Waals surface area (Å²) in [5.74, 6) is -0.0291. The number of anilines is 1. The summed E-state index contributed by atoms with van der Waals surface area (Å²) >= 11 is 0. The zero-order chi connectivity index (χ0) is 15.8. The topological polar surface area (TPSA) is 34.0 Å². The molecule has 1 aliphatic heterocycles. The molecule has 0 spiro atoms. The lowest BCUT2D eigenvalue weighted by molar-refractivity contribution is -0.110. The second kappa shape index (κ2) is 5.43. The highest BCUT2D eigenvalue weighted by Gasteiger charge is 2.23. The van der Waals surface area contributed by atoms with Crippen LogP contribution in [-0.4, -0.2) is 10.5 Å². The van der Waals surface area contributed by atoms with Gasteiger partial charge in [-0.1, -0.05) is 43.3 Å². The molecule has 2 aromatic carbocycles. The van der Waals surface area contributed by atoms with Gasteiger partial charge in [0.05, 0.1) is 0 Å². The molecule has 3 heteroatoms. The van der Waals surface area contributed by atoms with Crippen molar-refractivity contribution >= 4 is 34.1 Å². The maximum absolute atomic E-state index is 12.3. The number of benzene rings is 2. The van der Waals surface area contributed by atoms with Crippen molar-refractivity contribution in [2.45, 2.75) is 19.9 Å². The number of hydrogen-bond donors (Lipinski definition) is 1. The van der Waals surface area contributed by atoms with Gasteiger partial charge in [0.1, 0.15) is 0 Å². The van der Waals surface area contributed by atoms with Gasteiger partial charge in [-0.2, -0.15) is 0 Å². The van der Waals surface area contributed by atoms with Crippen LogP contribution < -0.4 is 5.32 Å². The summed E-state index contributed by atoms with van der Waals surface area (Å²) in [6.45, 7) is 3.15. The molecule has 0 saturated carbocycles. The Morgan fingerprint density at radius 2 is 1.87 bits per heavy atom. The summed E-state index contributed by atoms with van der Waals surface area (Å²) in [5.41, 5.74) is 4.91. The number of carbonyl (C=O) groups excluding carboxylic acids is 1. The van der Waals surface area contributed by atoms with E-state index >= 15 is 0 Å². The molecule has 1 amide bonds. The van der Waals surface area contributed by atoms with Gasteiger partial charge >= 0.3 is 0 Å². The van der Waals surface area contributed by atoms with Gasteiger partial charge in [-0.3, -0.25) is 4.79 Å². The lowest BCUT2D eigenvalue weighted by Crippen LogP contribution is -2.03. The Balaban J connectivity index is 1.89. The number of aromatic nitrogens is 1. The summed E-state index contributed by atoms with van der Waals surface area (Å²) in [7, 11) is 0. The zero-order valence-electron chi connectivity index (χ0n) is 13.0. The van der Waals surface area contributed by atoms with Crippen LogP contribution in [0.4, 0.5) is 5.69 Å². The van der Waals surface area contributed by atoms with Crippen molar-refractivity contribution < 1.29 is 4.79 Å². The summed E-state index contributed by atoms with van der Waals surface area (Å²) < 4.78 is 2.26. The number of para-hydroxylation sites is 2. The van der Waals surface area contributed by atoms with Gasteiger partial charge < -0.3 is 9.88 Å². The van der Waals surface area contributed by atoms with Crippen molar-refractivity contribution in [2.24, 2.45) is 0 Å². The van der Waals surface area contributed by atoms with Crippen molar-refractivity contribution in [1.29, 1.82) is 0 Å². The highest BCUT2D eigenvalue weighted by Crippen LogP contribution is 2.34. The molecule has 23 heavy (non-hydrogen) atoms. The zero-order valence-corrected chi connectivity index (χ0v) is 13.0. The summed E-state index contributed by atoms with van der Waals surface area (Å²) in [6, 6.07) is 16.2. The number of nitrogens with zero attached hydrogens (tertiary/aromatic N) is 1. The molecule has 3 nitrogen and oxygen atoms in total. The van der Waals surface area contributed by atoms with Crippen molar-refractivity contribution in [3.05, 3.63) is 65.9 Å². The first kappa shape index (κ1) is 13.8. The van der Waals surface area contributed by atoms with E-state index in [-0.39, 0.29) is 5.91 Å². The largest absolute Gasteiger partial charge is 0.347 e. The SMILES string of the molecule is CCCn1cc(/C=C2/C(=O)Nc3ccccc32)c2ccccc21. The number of carbonyl (C=O) groups is 1. The Morgan fingerprint density at radius 3 is 2.74 bits per heavy atom. The first-order valence-corrected chi connectivity index (χ1v) is 7.98. The Bertz CT molecular complexity index is 934. The standard InChI is InChI=1S/C20H18N2O/c1-2-11-22-13-14(15-7-4-6-10-19(15)22)12-17-16-8-3-5-9-18(16)21-20(17)23/h3-10,12-13H,2,11H2,1H3,(H,21,23)/b17-12+. The van der Waals surface area contributed by atoms with Crippen LogP contribution in [0.1, 0.15) is 24.5 Å². The van der Waals surface area contributed by atoms with Crippen molar-refractivity contribution in [3.63, 3.8) is 0 Å². The van der Waals surface area contributed by atoms with Crippen LogP contribution in [-0.2, 0) is 11.3 Å². The van der Waals surface area contributed by atoms with Gasteiger partial charge in [-0.15, -0.1) is 0 Å². The third-order valence-corrected chi connectivity index (χ3v) is 4.29. The van der Waals surface area contributed by atoms with E-state index in [0.717, 1.165) is 35.4 Å². The molecule has 0 aliphatic carbocycles. The molecule has 0 atom stereocenters. The molecule has 1 N–H and O–H groups in total. The molecule has 1 aliphatic rings. The molecule has 0 fully saturated rings. The number of hydrogen-bond acceptors (Lipinski definition) is 1. The fraction of sp³-hybridized carbons (Fsp3) is 0.150. The van der Waals surface area contributed by atoms with Crippen LogP contribution in [0.3, 0.4) is 0 Å². The molecule has 2 heterocycles. The van der Waals surface area contributed by atoms with Gasteiger partial charge in [-0.25, -0.2) is 0 Å². The van der Waals surface area contributed by atoms with Crippen LogP contribution in [0.5, 0.6) is 0 Å². The lowest BCUT2D eigenvalue weighted by Gasteiger charge is -2.01. The van der Waals surface area contributed by atoms with Crippen LogP contribution in [0.25, 0.3) is 22.6 Å². The van der Waals surface area contributed by atoms with Gasteiger partial charge in [0.15, 0.2) is 0 Å². The van der Waals surface area contributed by atoms with Crippen LogP contribution in [0, 0.1) is 0 Å². The smallest absolute Gasteiger partial charge is 0.256 e. The molecule has 1 aromatic heterocycles. The van der Waals surface area contributed by atoms with E-state index < -0.39 is 0 Å². The molecule has 3 aromatic rings. The molecule has 0 bridgehead atoms. The molecule has 114 valence electrons. The number of amides is 1. The summed E-state index contributed by atoms with van der Waals surface area (Å²) in [5, 5.41) is 4.12. The van der Waals surface area contributed by atoms with Gasteiger partial charge in [0.2, 0.25) is 0 Å². The molecule has 4 rings (SSSR count). The van der Waals surface area contributed by atoms with Crippen molar-refractivity contribution in [2.75, 3.05) is 5.32 Å². The summed E-state index contributed by atoms with van der Waals surface area (Å²) in [4.78, 5) is 12.3. The number of nitrogens with one attached hydrogen (secondary N) is 1. The van der Waals surface area contributed by atoms with E-state index in [1.165, 1.54) is 10.9 Å². The average molecular weight is 302 g/mol. The Kier molecular flexibility index (Phi) is 3.27. The van der Waals surface area contributed by atoms with E-state index in [4.69, 9.17) is 0 Å². The van der Waals surface area contributed by atoms with Crippen LogP contribution in [0.15, 0.2) is 54.7 Å². The lowest BCUT2D eigenvalue weighted by atomic mass is 10.0. The molecule has 0 radical (unpaired) electrons. The Hall–Kier alpha value is -2.81. The fourth-order valence-electron chi connectivity index (χ4n) is 3.25. The monoisotopic (exact) mass is 302 g/mol. The summed E-state index contributed by atoms with van der Waals surface area (Å²) in [6.07, 6.45) is 5.24. The maximum Gasteiger partial charge on any atom is 0.256 e. The number of aryl methyl sites for hydroxylation is 1. The molecular formula is C20H18N2O. The minimum Gasteiger partial charge on any atom is -0.347 e. The fourth-order valence-corrected chi connectivity index (χ4v) is 3.25. The maximum atomic E-state index is 12.3. The van der Waals surface area contributed by atoms with Gasteiger partial charge in [-0.05, 0) is 24.6 Å². The minimum absolute atomic E-state index is 0.0291. The highest BCUT2D eigenvalue weighted by atomic mass is 16.2. The highest BCUT2D eigenvalue weighted by molar-refractivity contribution is 6.35. The number of fused-ring (bicyclic) bond motifs is 2. The average Bonchev–Trinajstić information content (AvgIpc) is 3.07. The van der Waals surface area contributed by atoms with Crippen LogP contribution >= 0.6 is 0 Å². The second-order valence-corrected chi connectivity index (χ2v) is 5.85. The molecular weight excluding hydrogens is 284 g/mol. The predicted molar refractivity (Wildman–Crippen MR) is 95.2 cm³/mol. The van der Waals surface area contributed by atoms with E-state index in [2.05, 4.69) is 41.2 Å². The Morgan fingerprint density at radius 1 is 1.09 bits per heavy atom. The van der Waals surface area contributed by atoms with Crippen molar-refractivity contribution in [3.8, 4) is 0 Å². The van der Waals surface area contributed by atoms with Crippen LogP contribution in [0.2, 0.25) is 0 Å². The molecule has 0 saturated heterocycles. The quantitative estimate of drug-likeness (QED) is 0.708. The third-order valence-electron chi connectivity index (χ3n) is 4.29. The van der Waals surface area contributed by atoms with E-state index in [0.29, 0.717) is 0 Å². The van der Waals surface area contributed by atoms with E-state index in [1.807, 2.05) is 36.4 Å². The van der Waals surface area contributed by atoms with Crippen molar-refractivity contribution in [1.82, 2.24) is 4.57 Å². The Labute approximate surface area is 135 Å². The van der Waals surface area contributed by atoms with Gasteiger partial charge in [0, 0.05) is 46.0 Å². The first-order chi connectivity index (χ1) is 11.3. The van der Waals surface area contributed by atoms with Gasteiger partial charge in [0.25, 0.3) is 5.91 Å². The van der Waals surface area contributed by atoms with E-state index in [1.54, 1.807) is 0 Å². The normalized spacial score (nSPS) is 15.2. The third kappa shape index (κ3) is 2.25. The number of rotatable bonds is 3. The molecule has 0 unspecified atom stereocenters. The predicted octanol–water partition coefficient (Wildman–Crippen LogP) is 4.54. The first-order valence-electron chi connectivity index (χ1n) is 7.98. The minimum atomic E-state index is -0.0291. The van der Waals surface area contributed by atoms with E-state index in [9.17, 15) is 4.79 Å². The second-order valence-electron chi connectivity index (χ2n) is 5.85.